The second-order valence-corrected chi connectivity index (χ2v) is 7.75. The van der Waals surface area contributed by atoms with Crippen molar-refractivity contribution in [3.05, 3.63) is 36.1 Å². The van der Waals surface area contributed by atoms with Crippen LogP contribution in [-0.2, 0) is 9.53 Å². The van der Waals surface area contributed by atoms with Gasteiger partial charge in [-0.15, -0.1) is 0 Å². The zero-order valence-electron chi connectivity index (χ0n) is 15.7. The van der Waals surface area contributed by atoms with Gasteiger partial charge in [0.1, 0.15) is 23.0 Å². The molecular formula is C20H26N2O4. The van der Waals surface area contributed by atoms with E-state index in [1.807, 2.05) is 58.0 Å². The summed E-state index contributed by atoms with van der Waals surface area (Å²) in [6.45, 7) is 7.87. The highest BCUT2D eigenvalue weighted by atomic mass is 16.6. The van der Waals surface area contributed by atoms with Gasteiger partial charge < -0.3 is 14.5 Å². The summed E-state index contributed by atoms with van der Waals surface area (Å²) in [5, 5.41) is 3.96. The molecule has 2 aromatic rings. The van der Waals surface area contributed by atoms with Gasteiger partial charge in [-0.1, -0.05) is 18.2 Å². The molecule has 1 saturated heterocycles. The Hall–Kier alpha value is -2.50. The number of likely N-dealkylation sites (tertiary alicyclic amines) is 1. The van der Waals surface area contributed by atoms with Crippen molar-refractivity contribution in [1.82, 2.24) is 10.2 Å². The van der Waals surface area contributed by atoms with Gasteiger partial charge in [-0.3, -0.25) is 9.69 Å². The van der Waals surface area contributed by atoms with Gasteiger partial charge in [0.2, 0.25) is 5.91 Å². The number of para-hydroxylation sites is 1. The van der Waals surface area contributed by atoms with Crippen molar-refractivity contribution < 1.29 is 18.7 Å². The van der Waals surface area contributed by atoms with Crippen LogP contribution in [0.4, 0.5) is 4.79 Å². The molecule has 1 N–H and O–H groups in total. The van der Waals surface area contributed by atoms with Crippen molar-refractivity contribution in [2.24, 2.45) is 0 Å². The fourth-order valence-electron chi connectivity index (χ4n) is 3.17. The lowest BCUT2D eigenvalue weighted by Gasteiger charge is -2.28. The Bertz CT molecular complexity index is 772. The van der Waals surface area contributed by atoms with E-state index < -0.39 is 17.7 Å². The van der Waals surface area contributed by atoms with Crippen LogP contribution in [0.1, 0.15) is 52.3 Å². The summed E-state index contributed by atoms with van der Waals surface area (Å²) in [6, 6.07) is 8.87. The van der Waals surface area contributed by atoms with Crippen molar-refractivity contribution >= 4 is 23.0 Å². The number of rotatable bonds is 3. The minimum absolute atomic E-state index is 0.179. The van der Waals surface area contributed by atoms with E-state index in [0.717, 1.165) is 17.4 Å². The second-order valence-electron chi connectivity index (χ2n) is 7.75. The third-order valence-electron chi connectivity index (χ3n) is 4.41. The van der Waals surface area contributed by atoms with E-state index in [-0.39, 0.29) is 11.9 Å². The molecule has 2 heterocycles. The predicted molar refractivity (Wildman–Crippen MR) is 98.7 cm³/mol. The number of carbonyl (C=O) groups is 2. The molecule has 1 fully saturated rings. The van der Waals surface area contributed by atoms with Crippen LogP contribution in [0.3, 0.4) is 0 Å². The summed E-state index contributed by atoms with van der Waals surface area (Å²) in [5.74, 6) is 0.516. The first kappa shape index (κ1) is 18.3. The van der Waals surface area contributed by atoms with Crippen LogP contribution in [0.2, 0.25) is 0 Å². The molecule has 0 saturated carbocycles. The molecule has 3 rings (SSSR count). The molecule has 140 valence electrons. The third-order valence-corrected chi connectivity index (χ3v) is 4.41. The lowest BCUT2D eigenvalue weighted by Crippen LogP contribution is -2.48. The van der Waals surface area contributed by atoms with Gasteiger partial charge in [0, 0.05) is 11.9 Å². The molecule has 6 heteroatoms. The molecular weight excluding hydrogens is 332 g/mol. The number of hydrogen-bond donors (Lipinski definition) is 1. The SMILES string of the molecule is C[C@@H](NC(=O)[C@@H]1CCCN1C(=O)OC(C)(C)C)c1cc2ccccc2o1. The first-order valence-corrected chi connectivity index (χ1v) is 9.03. The Balaban J connectivity index is 1.67. The molecule has 0 radical (unpaired) electrons. The van der Waals surface area contributed by atoms with Crippen molar-refractivity contribution in [2.75, 3.05) is 6.54 Å². The van der Waals surface area contributed by atoms with E-state index in [4.69, 9.17) is 9.15 Å². The average molecular weight is 358 g/mol. The lowest BCUT2D eigenvalue weighted by atomic mass is 10.1. The number of nitrogens with one attached hydrogen (secondary N) is 1. The molecule has 1 aliphatic heterocycles. The monoisotopic (exact) mass is 358 g/mol. The quantitative estimate of drug-likeness (QED) is 0.900. The minimum Gasteiger partial charge on any atom is -0.459 e. The molecule has 0 aliphatic carbocycles. The zero-order chi connectivity index (χ0) is 18.9. The van der Waals surface area contributed by atoms with Gasteiger partial charge in [-0.25, -0.2) is 4.79 Å². The number of benzene rings is 1. The summed E-state index contributed by atoms with van der Waals surface area (Å²) in [5.41, 5.74) is 0.210. The van der Waals surface area contributed by atoms with Gasteiger partial charge in [-0.05, 0) is 52.7 Å². The Morgan fingerprint density at radius 3 is 2.73 bits per heavy atom. The van der Waals surface area contributed by atoms with E-state index in [2.05, 4.69) is 5.32 Å². The highest BCUT2D eigenvalue weighted by Gasteiger charge is 2.37. The number of amides is 2. The molecule has 1 aromatic heterocycles. The van der Waals surface area contributed by atoms with Crippen LogP contribution in [-0.4, -0.2) is 35.1 Å². The van der Waals surface area contributed by atoms with Gasteiger partial charge in [-0.2, -0.15) is 0 Å². The molecule has 2 amide bonds. The molecule has 6 nitrogen and oxygen atoms in total. The summed E-state index contributed by atoms with van der Waals surface area (Å²) in [4.78, 5) is 26.6. The largest absolute Gasteiger partial charge is 0.459 e. The maximum atomic E-state index is 12.7. The summed E-state index contributed by atoms with van der Waals surface area (Å²) >= 11 is 0. The number of fused-ring (bicyclic) bond motifs is 1. The standard InChI is InChI=1S/C20H26N2O4/c1-13(17-12-14-8-5-6-10-16(14)25-17)21-18(23)15-9-7-11-22(15)19(24)26-20(2,3)4/h5-6,8,10,12-13,15H,7,9,11H2,1-4H3,(H,21,23)/t13-,15+/m1/s1. The maximum absolute atomic E-state index is 12.7. The van der Waals surface area contributed by atoms with E-state index in [9.17, 15) is 9.59 Å². The Kier molecular flexibility index (Phi) is 4.94. The van der Waals surface area contributed by atoms with E-state index in [0.29, 0.717) is 18.7 Å². The van der Waals surface area contributed by atoms with Crippen LogP contribution in [0.25, 0.3) is 11.0 Å². The molecule has 0 spiro atoms. The summed E-state index contributed by atoms with van der Waals surface area (Å²) in [6.07, 6.45) is 0.986. The molecule has 0 bridgehead atoms. The van der Waals surface area contributed by atoms with E-state index >= 15 is 0 Å². The van der Waals surface area contributed by atoms with Crippen LogP contribution in [0, 0.1) is 0 Å². The predicted octanol–water partition coefficient (Wildman–Crippen LogP) is 4.01. The number of furan rings is 1. The normalized spacial score (nSPS) is 18.8. The van der Waals surface area contributed by atoms with Crippen LogP contribution in [0.15, 0.2) is 34.7 Å². The van der Waals surface area contributed by atoms with Gasteiger partial charge in [0.05, 0.1) is 6.04 Å². The molecule has 0 unspecified atom stereocenters. The number of carbonyl (C=O) groups excluding carboxylic acids is 2. The van der Waals surface area contributed by atoms with Crippen molar-refractivity contribution in [1.29, 1.82) is 0 Å². The maximum Gasteiger partial charge on any atom is 0.410 e. The number of ether oxygens (including phenoxy) is 1. The fourth-order valence-corrected chi connectivity index (χ4v) is 3.17. The summed E-state index contributed by atoms with van der Waals surface area (Å²) < 4.78 is 11.2. The Labute approximate surface area is 153 Å². The topological polar surface area (TPSA) is 71.8 Å². The molecule has 2 atom stereocenters. The smallest absolute Gasteiger partial charge is 0.410 e. The fraction of sp³-hybridized carbons (Fsp3) is 0.500. The van der Waals surface area contributed by atoms with Crippen molar-refractivity contribution in [3.63, 3.8) is 0 Å². The van der Waals surface area contributed by atoms with Crippen LogP contribution < -0.4 is 5.32 Å². The Morgan fingerprint density at radius 1 is 1.31 bits per heavy atom. The number of nitrogens with zero attached hydrogens (tertiary/aromatic N) is 1. The van der Waals surface area contributed by atoms with Gasteiger partial charge in [0.25, 0.3) is 0 Å². The first-order chi connectivity index (χ1) is 12.2. The zero-order valence-corrected chi connectivity index (χ0v) is 15.7. The van der Waals surface area contributed by atoms with Crippen molar-refractivity contribution in [3.8, 4) is 0 Å². The molecule has 1 aromatic carbocycles. The lowest BCUT2D eigenvalue weighted by molar-refractivity contribution is -0.126. The molecule has 1 aliphatic rings. The van der Waals surface area contributed by atoms with Gasteiger partial charge >= 0.3 is 6.09 Å². The molecule has 26 heavy (non-hydrogen) atoms. The van der Waals surface area contributed by atoms with E-state index in [1.54, 1.807) is 0 Å². The van der Waals surface area contributed by atoms with Crippen LogP contribution in [0.5, 0.6) is 0 Å². The number of hydrogen-bond acceptors (Lipinski definition) is 4. The second kappa shape index (κ2) is 7.02. The highest BCUT2D eigenvalue weighted by Crippen LogP contribution is 2.25. The van der Waals surface area contributed by atoms with Crippen molar-refractivity contribution in [2.45, 2.75) is 58.2 Å². The minimum atomic E-state index is -0.581. The van der Waals surface area contributed by atoms with Gasteiger partial charge in [0.15, 0.2) is 0 Å². The summed E-state index contributed by atoms with van der Waals surface area (Å²) in [7, 11) is 0. The van der Waals surface area contributed by atoms with Crippen LogP contribution >= 0.6 is 0 Å². The first-order valence-electron chi connectivity index (χ1n) is 9.03. The van der Waals surface area contributed by atoms with E-state index in [1.165, 1.54) is 4.90 Å². The Morgan fingerprint density at radius 2 is 2.04 bits per heavy atom. The third kappa shape index (κ3) is 4.00. The highest BCUT2D eigenvalue weighted by molar-refractivity contribution is 5.86. The average Bonchev–Trinajstić information content (AvgIpc) is 3.20.